The van der Waals surface area contributed by atoms with Gasteiger partial charge < -0.3 is 4.74 Å². The van der Waals surface area contributed by atoms with Crippen LogP contribution in [0.3, 0.4) is 0 Å². The summed E-state index contributed by atoms with van der Waals surface area (Å²) in [6, 6.07) is 20.3. The Hall–Kier alpha value is -2.78. The largest absolute Gasteiger partial charge is 0.494 e. The van der Waals surface area contributed by atoms with Crippen LogP contribution in [0, 0.1) is 11.3 Å². The van der Waals surface area contributed by atoms with Gasteiger partial charge in [0.05, 0.1) is 17.9 Å². The van der Waals surface area contributed by atoms with Crippen LogP contribution in [0.4, 0.5) is 0 Å². The molecule has 0 N–H and O–H groups in total. The number of aromatic nitrogens is 3. The monoisotopic (exact) mass is 364 g/mol. The molecule has 1 aromatic heterocycles. The first-order valence-electron chi connectivity index (χ1n) is 8.49. The van der Waals surface area contributed by atoms with E-state index in [1.807, 2.05) is 60.9 Å². The first kappa shape index (κ1) is 18.0. The number of hydrogen-bond donors (Lipinski definition) is 0. The minimum absolute atomic E-state index is 0.203. The highest BCUT2D eigenvalue weighted by atomic mass is 32.2. The van der Waals surface area contributed by atoms with E-state index in [-0.39, 0.29) is 5.25 Å². The average Bonchev–Trinajstić information content (AvgIpc) is 3.05. The first-order valence-corrected chi connectivity index (χ1v) is 9.37. The number of hydrogen-bond acceptors (Lipinski definition) is 5. The topological polar surface area (TPSA) is 63.7 Å². The van der Waals surface area contributed by atoms with E-state index in [1.54, 1.807) is 0 Å². The Balaban J connectivity index is 1.98. The molecular weight excluding hydrogens is 344 g/mol. The normalized spacial score (nSPS) is 11.7. The SMILES string of the molecule is CCOc1ccc(-n2c(Cc3ccccc3)nnc2SC(C)C#N)cc1. The van der Waals surface area contributed by atoms with E-state index in [0.717, 1.165) is 22.8 Å². The lowest BCUT2D eigenvalue weighted by Gasteiger charge is -2.12. The molecule has 3 rings (SSSR count). The van der Waals surface area contributed by atoms with E-state index in [9.17, 15) is 0 Å². The molecule has 0 aliphatic carbocycles. The number of ether oxygens (including phenoxy) is 1. The molecule has 6 heteroatoms. The van der Waals surface area contributed by atoms with Crippen molar-refractivity contribution in [1.29, 1.82) is 5.26 Å². The highest BCUT2D eigenvalue weighted by Gasteiger charge is 2.17. The molecule has 0 saturated carbocycles. The molecule has 0 spiro atoms. The van der Waals surface area contributed by atoms with Gasteiger partial charge in [0.1, 0.15) is 11.6 Å². The Bertz CT molecular complexity index is 884. The van der Waals surface area contributed by atoms with Crippen molar-refractivity contribution in [3.8, 4) is 17.5 Å². The molecule has 1 atom stereocenters. The van der Waals surface area contributed by atoms with Crippen molar-refractivity contribution in [2.75, 3.05) is 6.61 Å². The third-order valence-corrected chi connectivity index (χ3v) is 4.71. The fourth-order valence-corrected chi connectivity index (χ4v) is 3.34. The molecule has 1 unspecified atom stereocenters. The van der Waals surface area contributed by atoms with E-state index in [4.69, 9.17) is 10.00 Å². The molecule has 26 heavy (non-hydrogen) atoms. The number of nitrogens with zero attached hydrogens (tertiary/aromatic N) is 4. The van der Waals surface area contributed by atoms with Crippen LogP contribution < -0.4 is 4.74 Å². The van der Waals surface area contributed by atoms with Crippen LogP contribution in [0.5, 0.6) is 5.75 Å². The smallest absolute Gasteiger partial charge is 0.197 e. The second kappa shape index (κ2) is 8.54. The highest BCUT2D eigenvalue weighted by molar-refractivity contribution is 8.00. The van der Waals surface area contributed by atoms with E-state index in [0.29, 0.717) is 18.2 Å². The van der Waals surface area contributed by atoms with Gasteiger partial charge in [0.25, 0.3) is 0 Å². The predicted octanol–water partition coefficient (Wildman–Crippen LogP) is 4.26. The zero-order chi connectivity index (χ0) is 18.4. The summed E-state index contributed by atoms with van der Waals surface area (Å²) in [5, 5.41) is 18.4. The lowest BCUT2D eigenvalue weighted by atomic mass is 10.1. The number of benzene rings is 2. The van der Waals surface area contributed by atoms with Crippen LogP contribution in [0.15, 0.2) is 59.8 Å². The second-order valence-electron chi connectivity index (χ2n) is 5.71. The maximum absolute atomic E-state index is 9.15. The fourth-order valence-electron chi connectivity index (χ4n) is 2.57. The van der Waals surface area contributed by atoms with Gasteiger partial charge in [-0.1, -0.05) is 42.1 Å². The van der Waals surface area contributed by atoms with E-state index < -0.39 is 0 Å². The summed E-state index contributed by atoms with van der Waals surface area (Å²) in [6.45, 7) is 4.45. The van der Waals surface area contributed by atoms with Gasteiger partial charge in [-0.05, 0) is 43.7 Å². The van der Waals surface area contributed by atoms with Crippen LogP contribution in [-0.2, 0) is 6.42 Å². The average molecular weight is 364 g/mol. The molecule has 0 saturated heterocycles. The maximum Gasteiger partial charge on any atom is 0.197 e. The molecule has 5 nitrogen and oxygen atoms in total. The van der Waals surface area contributed by atoms with E-state index in [2.05, 4.69) is 28.4 Å². The fraction of sp³-hybridized carbons (Fsp3) is 0.250. The molecule has 0 aliphatic rings. The summed E-state index contributed by atoms with van der Waals surface area (Å²) < 4.78 is 7.54. The van der Waals surface area contributed by atoms with Gasteiger partial charge in [0.2, 0.25) is 0 Å². The van der Waals surface area contributed by atoms with Gasteiger partial charge in [-0.2, -0.15) is 5.26 Å². The molecule has 0 amide bonds. The summed E-state index contributed by atoms with van der Waals surface area (Å²) in [5.74, 6) is 1.67. The zero-order valence-electron chi connectivity index (χ0n) is 14.8. The molecule has 3 aromatic rings. The van der Waals surface area contributed by atoms with Gasteiger partial charge in [0, 0.05) is 12.1 Å². The maximum atomic E-state index is 9.15. The van der Waals surface area contributed by atoms with E-state index >= 15 is 0 Å². The van der Waals surface area contributed by atoms with Gasteiger partial charge in [-0.15, -0.1) is 10.2 Å². The lowest BCUT2D eigenvalue weighted by molar-refractivity contribution is 0.340. The molecule has 0 radical (unpaired) electrons. The Labute approximate surface area is 157 Å². The van der Waals surface area contributed by atoms with Crippen molar-refractivity contribution < 1.29 is 4.74 Å². The van der Waals surface area contributed by atoms with Crippen molar-refractivity contribution in [2.24, 2.45) is 0 Å². The van der Waals surface area contributed by atoms with Crippen LogP contribution in [0.25, 0.3) is 5.69 Å². The second-order valence-corrected chi connectivity index (χ2v) is 7.02. The molecule has 2 aromatic carbocycles. The third-order valence-electron chi connectivity index (χ3n) is 3.78. The molecule has 132 valence electrons. The Morgan fingerprint density at radius 2 is 1.85 bits per heavy atom. The van der Waals surface area contributed by atoms with Crippen LogP contribution in [0.1, 0.15) is 25.2 Å². The van der Waals surface area contributed by atoms with Crippen molar-refractivity contribution in [3.63, 3.8) is 0 Å². The van der Waals surface area contributed by atoms with Crippen LogP contribution in [-0.4, -0.2) is 26.6 Å². The molecule has 0 aliphatic heterocycles. The van der Waals surface area contributed by atoms with Gasteiger partial charge in [-0.3, -0.25) is 4.57 Å². The first-order chi connectivity index (χ1) is 12.7. The minimum Gasteiger partial charge on any atom is -0.494 e. The van der Waals surface area contributed by atoms with Crippen molar-refractivity contribution >= 4 is 11.8 Å². The molecule has 0 fully saturated rings. The highest BCUT2D eigenvalue weighted by Crippen LogP contribution is 2.27. The molecular formula is C20H20N4OS. The number of nitriles is 1. The van der Waals surface area contributed by atoms with Crippen molar-refractivity contribution in [3.05, 3.63) is 66.0 Å². The molecule has 1 heterocycles. The van der Waals surface area contributed by atoms with Crippen LogP contribution >= 0.6 is 11.8 Å². The minimum atomic E-state index is -0.203. The van der Waals surface area contributed by atoms with Gasteiger partial charge in [-0.25, -0.2) is 0 Å². The molecule has 0 bridgehead atoms. The number of rotatable bonds is 7. The lowest BCUT2D eigenvalue weighted by Crippen LogP contribution is -2.05. The summed E-state index contributed by atoms with van der Waals surface area (Å²) in [6.07, 6.45) is 0.669. The van der Waals surface area contributed by atoms with Gasteiger partial charge in [0.15, 0.2) is 5.16 Å². The summed E-state index contributed by atoms with van der Waals surface area (Å²) in [4.78, 5) is 0. The van der Waals surface area contributed by atoms with E-state index in [1.165, 1.54) is 11.8 Å². The number of thioether (sulfide) groups is 1. The van der Waals surface area contributed by atoms with Gasteiger partial charge >= 0.3 is 0 Å². The van der Waals surface area contributed by atoms with Crippen LogP contribution in [0.2, 0.25) is 0 Å². The summed E-state index contributed by atoms with van der Waals surface area (Å²) in [5.41, 5.74) is 2.12. The quantitative estimate of drug-likeness (QED) is 0.586. The van der Waals surface area contributed by atoms with Crippen molar-refractivity contribution in [2.45, 2.75) is 30.7 Å². The summed E-state index contributed by atoms with van der Waals surface area (Å²) >= 11 is 1.41. The van der Waals surface area contributed by atoms with Crippen molar-refractivity contribution in [1.82, 2.24) is 14.8 Å². The Morgan fingerprint density at radius 1 is 1.12 bits per heavy atom. The standard InChI is InChI=1S/C20H20N4OS/c1-3-25-18-11-9-17(10-12-18)24-19(13-16-7-5-4-6-8-16)22-23-20(24)26-15(2)14-21/h4-12,15H,3,13H2,1-2H3. The predicted molar refractivity (Wildman–Crippen MR) is 103 cm³/mol. The summed E-state index contributed by atoms with van der Waals surface area (Å²) in [7, 11) is 0. The Morgan fingerprint density at radius 3 is 2.50 bits per heavy atom. The Kier molecular flexibility index (Phi) is 5.92. The zero-order valence-corrected chi connectivity index (χ0v) is 15.6. The third kappa shape index (κ3) is 4.24.